The zero-order valence-electron chi connectivity index (χ0n) is 13.4. The lowest BCUT2D eigenvalue weighted by Crippen LogP contribution is -2.13. The van der Waals surface area contributed by atoms with E-state index in [-0.39, 0.29) is 5.91 Å². The third-order valence-electron chi connectivity index (χ3n) is 3.88. The largest absolute Gasteiger partial charge is 0.320 e. The number of aliphatic imine (C=N–C) groups is 1. The topological polar surface area (TPSA) is 41.5 Å². The Labute approximate surface area is 146 Å². The molecule has 1 N–H and O–H groups in total. The standard InChI is InChI=1S/C22H14N2O/c25-22-21(19-8-4-5-9-20(19)24-22)23-18-14-12-17(13-15-18)11-10-16-6-2-1-3-7-16/h1-9,12-15H,(H,23,24,25). The monoisotopic (exact) mass is 322 g/mol. The van der Waals surface area contributed by atoms with Gasteiger partial charge in [-0.3, -0.25) is 4.79 Å². The Morgan fingerprint density at radius 3 is 2.12 bits per heavy atom. The van der Waals surface area contributed by atoms with Crippen molar-refractivity contribution in [3.8, 4) is 11.8 Å². The SMILES string of the molecule is O=C1Nc2ccccc2C1=Nc1ccc(C#Cc2ccccc2)cc1. The van der Waals surface area contributed by atoms with Gasteiger partial charge >= 0.3 is 0 Å². The van der Waals surface area contributed by atoms with Crippen LogP contribution in [0.1, 0.15) is 16.7 Å². The van der Waals surface area contributed by atoms with Crippen molar-refractivity contribution in [1.29, 1.82) is 0 Å². The van der Waals surface area contributed by atoms with Gasteiger partial charge in [-0.1, -0.05) is 48.2 Å². The van der Waals surface area contributed by atoms with E-state index in [1.165, 1.54) is 0 Å². The highest BCUT2D eigenvalue weighted by Gasteiger charge is 2.25. The molecule has 0 saturated heterocycles. The van der Waals surface area contributed by atoms with Gasteiger partial charge in [0, 0.05) is 16.7 Å². The Bertz CT molecular complexity index is 1020. The maximum Gasteiger partial charge on any atom is 0.275 e. The van der Waals surface area contributed by atoms with Crippen LogP contribution < -0.4 is 5.32 Å². The number of nitrogens with zero attached hydrogens (tertiary/aromatic N) is 1. The van der Waals surface area contributed by atoms with E-state index in [0.717, 1.165) is 28.1 Å². The summed E-state index contributed by atoms with van der Waals surface area (Å²) >= 11 is 0. The second-order valence-electron chi connectivity index (χ2n) is 5.62. The van der Waals surface area contributed by atoms with Gasteiger partial charge in [0.1, 0.15) is 5.71 Å². The van der Waals surface area contributed by atoms with E-state index >= 15 is 0 Å². The molecule has 0 aliphatic carbocycles. The molecule has 118 valence electrons. The van der Waals surface area contributed by atoms with Gasteiger partial charge in [0.25, 0.3) is 5.91 Å². The average molecular weight is 322 g/mol. The summed E-state index contributed by atoms with van der Waals surface area (Å²) < 4.78 is 0. The van der Waals surface area contributed by atoms with Gasteiger partial charge in [-0.15, -0.1) is 0 Å². The molecule has 0 fully saturated rings. The van der Waals surface area contributed by atoms with E-state index in [0.29, 0.717) is 5.71 Å². The van der Waals surface area contributed by atoms with Crippen molar-refractivity contribution in [3.63, 3.8) is 0 Å². The van der Waals surface area contributed by atoms with Crippen molar-refractivity contribution in [2.75, 3.05) is 5.32 Å². The quantitative estimate of drug-likeness (QED) is 0.672. The smallest absolute Gasteiger partial charge is 0.275 e. The average Bonchev–Trinajstić information content (AvgIpc) is 2.97. The van der Waals surface area contributed by atoms with Crippen molar-refractivity contribution >= 4 is 23.0 Å². The first-order valence-corrected chi connectivity index (χ1v) is 7.96. The number of carbonyl (C=O) groups is 1. The number of hydrogen-bond acceptors (Lipinski definition) is 2. The van der Waals surface area contributed by atoms with Crippen molar-refractivity contribution in [2.24, 2.45) is 4.99 Å². The fourth-order valence-corrected chi connectivity index (χ4v) is 2.63. The van der Waals surface area contributed by atoms with Crippen LogP contribution in [0.4, 0.5) is 11.4 Å². The molecule has 3 nitrogen and oxygen atoms in total. The first-order valence-electron chi connectivity index (χ1n) is 7.96. The van der Waals surface area contributed by atoms with Crippen LogP contribution in [0.2, 0.25) is 0 Å². The number of hydrogen-bond donors (Lipinski definition) is 1. The molecule has 0 radical (unpaired) electrons. The summed E-state index contributed by atoms with van der Waals surface area (Å²) in [6.45, 7) is 0. The first kappa shape index (κ1) is 14.9. The summed E-state index contributed by atoms with van der Waals surface area (Å²) in [6, 6.07) is 25.0. The van der Waals surface area contributed by atoms with E-state index in [1.54, 1.807) is 0 Å². The summed E-state index contributed by atoms with van der Waals surface area (Å²) in [5, 5.41) is 2.83. The van der Waals surface area contributed by atoms with Crippen LogP contribution in [0.15, 0.2) is 83.9 Å². The molecule has 0 unspecified atom stereocenters. The van der Waals surface area contributed by atoms with Crippen molar-refractivity contribution in [1.82, 2.24) is 0 Å². The molecule has 3 aromatic rings. The number of nitrogens with one attached hydrogen (secondary N) is 1. The molecule has 0 spiro atoms. The van der Waals surface area contributed by atoms with E-state index in [2.05, 4.69) is 22.2 Å². The molecule has 1 aliphatic rings. The Morgan fingerprint density at radius 2 is 1.36 bits per heavy atom. The van der Waals surface area contributed by atoms with Crippen LogP contribution in [0, 0.1) is 11.8 Å². The number of benzene rings is 3. The summed E-state index contributed by atoms with van der Waals surface area (Å²) in [5.74, 6) is 6.08. The Kier molecular flexibility index (Phi) is 3.86. The van der Waals surface area contributed by atoms with Crippen molar-refractivity contribution in [3.05, 3.63) is 95.6 Å². The molecule has 1 amide bonds. The summed E-state index contributed by atoms with van der Waals surface area (Å²) in [7, 11) is 0. The molecule has 4 rings (SSSR count). The second-order valence-corrected chi connectivity index (χ2v) is 5.62. The van der Waals surface area contributed by atoms with Gasteiger partial charge in [-0.05, 0) is 42.5 Å². The number of rotatable bonds is 1. The Morgan fingerprint density at radius 1 is 0.720 bits per heavy atom. The third-order valence-corrected chi connectivity index (χ3v) is 3.88. The van der Waals surface area contributed by atoms with Crippen LogP contribution in [0.3, 0.4) is 0 Å². The van der Waals surface area contributed by atoms with E-state index in [9.17, 15) is 4.79 Å². The first-order chi connectivity index (χ1) is 12.3. The fraction of sp³-hybridized carbons (Fsp3) is 0. The van der Waals surface area contributed by atoms with Gasteiger partial charge < -0.3 is 5.32 Å². The van der Waals surface area contributed by atoms with Gasteiger partial charge in [0.05, 0.1) is 11.4 Å². The van der Waals surface area contributed by atoms with Crippen LogP contribution in [-0.4, -0.2) is 11.6 Å². The molecular formula is C22H14N2O. The fourth-order valence-electron chi connectivity index (χ4n) is 2.63. The summed E-state index contributed by atoms with van der Waals surface area (Å²) in [4.78, 5) is 16.6. The normalized spacial score (nSPS) is 13.8. The minimum atomic E-state index is -0.172. The molecule has 25 heavy (non-hydrogen) atoms. The van der Waals surface area contributed by atoms with Gasteiger partial charge in [-0.25, -0.2) is 4.99 Å². The molecule has 0 bridgehead atoms. The van der Waals surface area contributed by atoms with Crippen LogP contribution in [0.5, 0.6) is 0 Å². The zero-order chi connectivity index (χ0) is 17.1. The lowest BCUT2D eigenvalue weighted by atomic mass is 10.1. The molecule has 0 atom stereocenters. The van der Waals surface area contributed by atoms with E-state index in [4.69, 9.17) is 0 Å². The number of amides is 1. The highest BCUT2D eigenvalue weighted by Crippen LogP contribution is 2.25. The molecule has 0 saturated carbocycles. The number of carbonyl (C=O) groups excluding carboxylic acids is 1. The van der Waals surface area contributed by atoms with Crippen LogP contribution in [0.25, 0.3) is 0 Å². The molecule has 1 heterocycles. The predicted molar refractivity (Wildman–Crippen MR) is 100 cm³/mol. The summed E-state index contributed by atoms with van der Waals surface area (Å²) in [6.07, 6.45) is 0. The maximum atomic E-state index is 12.1. The highest BCUT2D eigenvalue weighted by atomic mass is 16.2. The molecule has 1 aliphatic heterocycles. The highest BCUT2D eigenvalue weighted by molar-refractivity contribution is 6.54. The van der Waals surface area contributed by atoms with E-state index in [1.807, 2.05) is 78.9 Å². The number of fused-ring (bicyclic) bond motifs is 1. The number of para-hydroxylation sites is 1. The molecular weight excluding hydrogens is 308 g/mol. The Balaban J connectivity index is 1.59. The van der Waals surface area contributed by atoms with Gasteiger partial charge in [-0.2, -0.15) is 0 Å². The van der Waals surface area contributed by atoms with Crippen molar-refractivity contribution in [2.45, 2.75) is 0 Å². The second kappa shape index (κ2) is 6.46. The lowest BCUT2D eigenvalue weighted by Gasteiger charge is -1.98. The minimum Gasteiger partial charge on any atom is -0.320 e. The number of anilines is 1. The third kappa shape index (κ3) is 3.19. The molecule has 3 aromatic carbocycles. The maximum absolute atomic E-state index is 12.1. The molecule has 0 aromatic heterocycles. The molecule has 3 heteroatoms. The van der Waals surface area contributed by atoms with E-state index < -0.39 is 0 Å². The van der Waals surface area contributed by atoms with Crippen LogP contribution in [-0.2, 0) is 4.79 Å². The summed E-state index contributed by atoms with van der Waals surface area (Å²) in [5.41, 5.74) is 4.69. The minimum absolute atomic E-state index is 0.172. The lowest BCUT2D eigenvalue weighted by molar-refractivity contribution is -0.110. The van der Waals surface area contributed by atoms with Gasteiger partial charge in [0.2, 0.25) is 0 Å². The Hall–Kier alpha value is -3.64. The predicted octanol–water partition coefficient (Wildman–Crippen LogP) is 4.16. The van der Waals surface area contributed by atoms with Crippen LogP contribution >= 0.6 is 0 Å². The van der Waals surface area contributed by atoms with Gasteiger partial charge in [0.15, 0.2) is 0 Å². The van der Waals surface area contributed by atoms with Crippen molar-refractivity contribution < 1.29 is 4.79 Å². The zero-order valence-corrected chi connectivity index (χ0v) is 13.4.